The molecule has 0 atom stereocenters. The standard InChI is InChI=1S/C10H13Br2NO5S3/c11-9-7-8(10(12)19-9)21(17,18)13(20(7,15)16)5-3-1-2-4-6-14/h14H,1-6H2. The van der Waals surface area contributed by atoms with Crippen LogP contribution in [0.25, 0.3) is 0 Å². The van der Waals surface area contributed by atoms with Crippen molar-refractivity contribution in [3.63, 3.8) is 0 Å². The summed E-state index contributed by atoms with van der Waals surface area (Å²) in [5.41, 5.74) is 0. The molecule has 1 aromatic heterocycles. The van der Waals surface area contributed by atoms with Gasteiger partial charge in [-0.1, -0.05) is 16.6 Å². The lowest BCUT2D eigenvalue weighted by Gasteiger charge is -2.14. The highest BCUT2D eigenvalue weighted by molar-refractivity contribution is 9.12. The second-order valence-corrected chi connectivity index (χ2v) is 11.9. The number of hydrogen-bond donors (Lipinski definition) is 1. The highest BCUT2D eigenvalue weighted by atomic mass is 79.9. The number of hydrogen-bond acceptors (Lipinski definition) is 6. The Hall–Kier alpha value is 0.480. The molecule has 11 heteroatoms. The number of unbranched alkanes of at least 4 members (excludes halogenated alkanes) is 3. The Morgan fingerprint density at radius 2 is 1.38 bits per heavy atom. The largest absolute Gasteiger partial charge is 0.396 e. The molecule has 2 rings (SSSR count). The first kappa shape index (κ1) is 17.8. The van der Waals surface area contributed by atoms with Crippen LogP contribution in [0, 0.1) is 0 Å². The molecule has 0 saturated carbocycles. The number of thiophene rings is 1. The zero-order valence-electron chi connectivity index (χ0n) is 10.8. The molecule has 2 heterocycles. The Balaban J connectivity index is 2.28. The van der Waals surface area contributed by atoms with Crippen LogP contribution in [0.3, 0.4) is 0 Å². The molecule has 0 spiro atoms. The summed E-state index contributed by atoms with van der Waals surface area (Å²) in [6, 6.07) is 0. The number of nitrogens with zero attached hydrogens (tertiary/aromatic N) is 1. The van der Waals surface area contributed by atoms with Gasteiger partial charge >= 0.3 is 0 Å². The highest BCUT2D eigenvalue weighted by Gasteiger charge is 2.51. The lowest BCUT2D eigenvalue weighted by atomic mass is 10.2. The first-order valence-electron chi connectivity index (χ1n) is 6.11. The first-order chi connectivity index (χ1) is 9.74. The molecule has 0 unspecified atom stereocenters. The summed E-state index contributed by atoms with van der Waals surface area (Å²) in [4.78, 5) is -0.343. The molecule has 0 radical (unpaired) electrons. The molecule has 120 valence electrons. The summed E-state index contributed by atoms with van der Waals surface area (Å²) >= 11 is 7.27. The minimum Gasteiger partial charge on any atom is -0.396 e. The number of fused-ring (bicyclic) bond motifs is 1. The third-order valence-corrected chi connectivity index (χ3v) is 11.0. The molecule has 0 amide bonds. The fourth-order valence-electron chi connectivity index (χ4n) is 2.07. The van der Waals surface area contributed by atoms with Crippen molar-refractivity contribution < 1.29 is 21.9 Å². The molecular weight excluding hydrogens is 470 g/mol. The predicted octanol–water partition coefficient (Wildman–Crippen LogP) is 2.52. The number of aliphatic hydroxyl groups is 1. The van der Waals surface area contributed by atoms with Crippen molar-refractivity contribution in [1.29, 1.82) is 0 Å². The van der Waals surface area contributed by atoms with Crippen LogP contribution in [0.15, 0.2) is 17.4 Å². The Kier molecular flexibility index (Phi) is 5.55. The normalized spacial score (nSPS) is 19.8. The maximum Gasteiger partial charge on any atom is 0.259 e. The number of sulfonamides is 2. The van der Waals surface area contributed by atoms with Crippen molar-refractivity contribution in [3.05, 3.63) is 7.57 Å². The van der Waals surface area contributed by atoms with Crippen LogP contribution in [0.4, 0.5) is 0 Å². The Morgan fingerprint density at radius 1 is 0.905 bits per heavy atom. The van der Waals surface area contributed by atoms with E-state index in [0.717, 1.165) is 17.8 Å². The van der Waals surface area contributed by atoms with E-state index in [-0.39, 0.29) is 30.5 Å². The summed E-state index contributed by atoms with van der Waals surface area (Å²) in [7, 11) is -8.05. The molecule has 0 aromatic carbocycles. The summed E-state index contributed by atoms with van der Waals surface area (Å²) in [5, 5.41) is 8.68. The van der Waals surface area contributed by atoms with E-state index in [1.165, 1.54) is 0 Å². The first-order valence-corrected chi connectivity index (χ1v) is 11.4. The third-order valence-electron chi connectivity index (χ3n) is 3.04. The van der Waals surface area contributed by atoms with Crippen LogP contribution in [0.1, 0.15) is 25.7 Å². The van der Waals surface area contributed by atoms with E-state index in [1.807, 2.05) is 0 Å². The van der Waals surface area contributed by atoms with Gasteiger partial charge in [-0.2, -0.15) is 0 Å². The molecule has 0 bridgehead atoms. The van der Waals surface area contributed by atoms with Crippen LogP contribution >= 0.6 is 43.2 Å². The smallest absolute Gasteiger partial charge is 0.259 e. The molecule has 0 aliphatic carbocycles. The van der Waals surface area contributed by atoms with Gasteiger partial charge in [0.1, 0.15) is 9.79 Å². The molecule has 1 N–H and O–H groups in total. The van der Waals surface area contributed by atoms with E-state index in [9.17, 15) is 16.8 Å². The van der Waals surface area contributed by atoms with Gasteiger partial charge in [0.15, 0.2) is 0 Å². The minimum atomic E-state index is -4.03. The Morgan fingerprint density at radius 3 is 1.86 bits per heavy atom. The van der Waals surface area contributed by atoms with E-state index < -0.39 is 20.0 Å². The summed E-state index contributed by atoms with van der Waals surface area (Å²) in [6.45, 7) is 0.00548. The van der Waals surface area contributed by atoms with Crippen molar-refractivity contribution >= 4 is 63.2 Å². The Labute approximate surface area is 144 Å². The average molecular weight is 483 g/mol. The topological polar surface area (TPSA) is 91.8 Å². The highest BCUT2D eigenvalue weighted by Crippen LogP contribution is 2.49. The van der Waals surface area contributed by atoms with Gasteiger partial charge in [0.25, 0.3) is 20.0 Å². The quantitative estimate of drug-likeness (QED) is 0.629. The molecule has 0 fully saturated rings. The van der Waals surface area contributed by atoms with Crippen LogP contribution in [0.2, 0.25) is 0 Å². The summed E-state index contributed by atoms with van der Waals surface area (Å²) in [5.74, 6) is 0. The lowest BCUT2D eigenvalue weighted by Crippen LogP contribution is -2.31. The van der Waals surface area contributed by atoms with Gasteiger partial charge in [0.05, 0.1) is 7.57 Å². The van der Waals surface area contributed by atoms with Gasteiger partial charge in [-0.25, -0.2) is 16.8 Å². The fourth-order valence-corrected chi connectivity index (χ4v) is 11.5. The minimum absolute atomic E-state index is 0.0751. The molecule has 21 heavy (non-hydrogen) atoms. The second kappa shape index (κ2) is 6.54. The van der Waals surface area contributed by atoms with Crippen LogP contribution in [0.5, 0.6) is 0 Å². The Bertz CT molecular complexity index is 686. The third kappa shape index (κ3) is 3.10. The van der Waals surface area contributed by atoms with Gasteiger partial charge in [0, 0.05) is 13.2 Å². The maximum absolute atomic E-state index is 12.4. The van der Waals surface area contributed by atoms with Crippen molar-refractivity contribution in [1.82, 2.24) is 3.71 Å². The maximum atomic E-state index is 12.4. The van der Waals surface area contributed by atoms with E-state index in [1.54, 1.807) is 0 Å². The average Bonchev–Trinajstić information content (AvgIpc) is 2.76. The van der Waals surface area contributed by atoms with E-state index in [0.29, 0.717) is 23.0 Å². The van der Waals surface area contributed by atoms with Crippen LogP contribution < -0.4 is 0 Å². The fraction of sp³-hybridized carbons (Fsp3) is 0.600. The van der Waals surface area contributed by atoms with Crippen LogP contribution in [-0.2, 0) is 20.0 Å². The molecule has 1 aromatic rings. The molecule has 1 aliphatic heterocycles. The van der Waals surface area contributed by atoms with E-state index in [4.69, 9.17) is 5.11 Å². The van der Waals surface area contributed by atoms with Gasteiger partial charge in [-0.05, 0) is 44.7 Å². The summed E-state index contributed by atoms with van der Waals surface area (Å²) < 4.78 is 50.8. The monoisotopic (exact) mass is 481 g/mol. The SMILES string of the molecule is O=S1(=O)c2c(Br)sc(Br)c2S(=O)(=O)N1CCCCCCO. The number of halogens is 2. The number of aliphatic hydroxyl groups excluding tert-OH is 1. The van der Waals surface area contributed by atoms with Crippen molar-refractivity contribution in [2.24, 2.45) is 0 Å². The molecular formula is C10H13Br2NO5S3. The molecule has 1 aliphatic rings. The van der Waals surface area contributed by atoms with Gasteiger partial charge in [-0.3, -0.25) is 0 Å². The van der Waals surface area contributed by atoms with Crippen molar-refractivity contribution in [3.8, 4) is 0 Å². The van der Waals surface area contributed by atoms with Gasteiger partial charge in [-0.15, -0.1) is 11.3 Å². The van der Waals surface area contributed by atoms with Crippen LogP contribution in [-0.4, -0.2) is 38.8 Å². The molecule has 6 nitrogen and oxygen atoms in total. The zero-order chi connectivity index (χ0) is 15.8. The number of rotatable bonds is 6. The van der Waals surface area contributed by atoms with Gasteiger partial charge in [0.2, 0.25) is 0 Å². The van der Waals surface area contributed by atoms with Gasteiger partial charge < -0.3 is 5.11 Å². The molecule has 0 saturated heterocycles. The zero-order valence-corrected chi connectivity index (χ0v) is 16.4. The van der Waals surface area contributed by atoms with E-state index in [2.05, 4.69) is 31.9 Å². The van der Waals surface area contributed by atoms with Crippen molar-refractivity contribution in [2.75, 3.05) is 13.2 Å². The van der Waals surface area contributed by atoms with Crippen molar-refractivity contribution in [2.45, 2.75) is 35.5 Å². The van der Waals surface area contributed by atoms with E-state index >= 15 is 0 Å². The lowest BCUT2D eigenvalue weighted by molar-refractivity contribution is 0.282. The summed E-state index contributed by atoms with van der Waals surface area (Å²) in [6.07, 6.45) is 2.46. The predicted molar refractivity (Wildman–Crippen MR) is 86.4 cm³/mol. The second-order valence-electron chi connectivity index (χ2n) is 4.45.